The van der Waals surface area contributed by atoms with E-state index in [-0.39, 0.29) is 46.9 Å². The van der Waals surface area contributed by atoms with Crippen molar-refractivity contribution in [3.8, 4) is 11.1 Å². The van der Waals surface area contributed by atoms with Crippen LogP contribution >= 0.6 is 0 Å². The van der Waals surface area contributed by atoms with Crippen molar-refractivity contribution >= 4 is 35.6 Å². The maximum absolute atomic E-state index is 14.4. The van der Waals surface area contributed by atoms with Crippen molar-refractivity contribution in [1.82, 2.24) is 9.88 Å². The SMILES string of the molecule is Cc1cc(F)ccc1-c1cc(N2CC3CS(=O)(=O)CCN3C[C@@H]2CO[Si](C)(C)C(C)(C)C)ncc1N(C)C(=O)C(C)(C)c1cc(C(F)(F)F)cc(C(F)(F)F)c1. The van der Waals surface area contributed by atoms with Gasteiger partial charge in [0.05, 0.1) is 52.6 Å². The largest absolute Gasteiger partial charge is 0.416 e. The van der Waals surface area contributed by atoms with Gasteiger partial charge >= 0.3 is 12.4 Å². The van der Waals surface area contributed by atoms with Crippen LogP contribution in [0.15, 0.2) is 48.7 Å². The molecule has 56 heavy (non-hydrogen) atoms. The highest BCUT2D eigenvalue weighted by molar-refractivity contribution is 7.91. The van der Waals surface area contributed by atoms with Crippen LogP contribution in [-0.4, -0.2) is 89.4 Å². The van der Waals surface area contributed by atoms with Crippen LogP contribution in [0.1, 0.15) is 56.9 Å². The van der Waals surface area contributed by atoms with Crippen LogP contribution in [0.2, 0.25) is 18.1 Å². The van der Waals surface area contributed by atoms with E-state index in [0.717, 1.165) is 4.90 Å². The highest BCUT2D eigenvalue weighted by Gasteiger charge is 2.44. The normalized spacial score (nSPS) is 19.8. The molecule has 0 aliphatic carbocycles. The first-order valence-corrected chi connectivity index (χ1v) is 22.9. The predicted octanol–water partition coefficient (Wildman–Crippen LogP) is 8.48. The quantitative estimate of drug-likeness (QED) is 0.167. The minimum atomic E-state index is -5.12. The highest BCUT2D eigenvalue weighted by Crippen LogP contribution is 2.42. The first-order chi connectivity index (χ1) is 25.5. The van der Waals surface area contributed by atoms with Crippen LogP contribution in [0, 0.1) is 12.7 Å². The van der Waals surface area contributed by atoms with Gasteiger partial charge in [0, 0.05) is 38.3 Å². The van der Waals surface area contributed by atoms with Crippen molar-refractivity contribution in [2.24, 2.45) is 0 Å². The number of rotatable bonds is 8. The summed E-state index contributed by atoms with van der Waals surface area (Å²) in [6.45, 7) is 16.3. The summed E-state index contributed by atoms with van der Waals surface area (Å²) in [5.74, 6) is -0.919. The molecular formula is C39H49F7N4O4SSi. The number of alkyl halides is 6. The molecule has 2 atom stereocenters. The van der Waals surface area contributed by atoms with E-state index in [2.05, 4.69) is 38.8 Å². The van der Waals surface area contributed by atoms with Crippen molar-refractivity contribution < 1.29 is 48.4 Å². The molecule has 1 amide bonds. The number of carbonyl (C=O) groups excluding carboxylic acids is 1. The van der Waals surface area contributed by atoms with Crippen LogP contribution in [-0.2, 0) is 36.8 Å². The molecule has 2 aliphatic rings. The Balaban J connectivity index is 1.61. The van der Waals surface area contributed by atoms with Crippen molar-refractivity contribution in [3.63, 3.8) is 0 Å². The summed E-state index contributed by atoms with van der Waals surface area (Å²) in [6.07, 6.45) is -8.84. The molecule has 2 aromatic carbocycles. The van der Waals surface area contributed by atoms with Crippen LogP contribution in [0.5, 0.6) is 0 Å². The number of piperazine rings is 1. The van der Waals surface area contributed by atoms with Crippen molar-refractivity contribution in [2.75, 3.05) is 54.6 Å². The van der Waals surface area contributed by atoms with E-state index in [9.17, 15) is 43.9 Å². The Morgan fingerprint density at radius 2 is 1.50 bits per heavy atom. The van der Waals surface area contributed by atoms with Gasteiger partial charge in [0.25, 0.3) is 0 Å². The van der Waals surface area contributed by atoms with Gasteiger partial charge in [-0.15, -0.1) is 0 Å². The third-order valence-corrected chi connectivity index (χ3v) is 17.7. The molecule has 0 N–H and O–H groups in total. The lowest BCUT2D eigenvalue weighted by molar-refractivity contribution is -0.143. The summed E-state index contributed by atoms with van der Waals surface area (Å²) in [4.78, 5) is 24.4. The van der Waals surface area contributed by atoms with Gasteiger partial charge in [-0.05, 0) is 92.0 Å². The lowest BCUT2D eigenvalue weighted by Gasteiger charge is -2.49. The molecule has 2 saturated heterocycles. The second kappa shape index (κ2) is 15.0. The number of carbonyl (C=O) groups is 1. The van der Waals surface area contributed by atoms with E-state index in [0.29, 0.717) is 54.3 Å². The van der Waals surface area contributed by atoms with Crippen LogP contribution in [0.3, 0.4) is 0 Å². The summed E-state index contributed by atoms with van der Waals surface area (Å²) in [6, 6.07) is 6.26. The molecule has 1 aromatic heterocycles. The number of sulfone groups is 1. The smallest absolute Gasteiger partial charge is 0.415 e. The number of fused-ring (bicyclic) bond motifs is 1. The zero-order valence-corrected chi connectivity index (χ0v) is 34.8. The Labute approximate surface area is 325 Å². The molecule has 8 nitrogen and oxygen atoms in total. The van der Waals surface area contributed by atoms with E-state index < -0.39 is 64.3 Å². The minimum Gasteiger partial charge on any atom is -0.415 e. The van der Waals surface area contributed by atoms with E-state index in [1.54, 1.807) is 13.0 Å². The number of hydrogen-bond acceptors (Lipinski definition) is 7. The number of aromatic nitrogens is 1. The van der Waals surface area contributed by atoms with E-state index in [1.807, 2.05) is 4.90 Å². The molecule has 3 heterocycles. The molecule has 0 radical (unpaired) electrons. The van der Waals surface area contributed by atoms with E-state index in [1.165, 1.54) is 45.3 Å². The number of aryl methyl sites for hydroxylation is 1. The first-order valence-electron chi connectivity index (χ1n) is 18.2. The van der Waals surface area contributed by atoms with Gasteiger partial charge in [0.15, 0.2) is 18.2 Å². The monoisotopic (exact) mass is 830 g/mol. The minimum absolute atomic E-state index is 0.0129. The molecule has 2 fully saturated rings. The molecule has 17 heteroatoms. The molecule has 3 aromatic rings. The van der Waals surface area contributed by atoms with Crippen molar-refractivity contribution in [3.05, 3.63) is 76.7 Å². The fourth-order valence-corrected chi connectivity index (χ4v) is 9.62. The maximum atomic E-state index is 14.4. The Morgan fingerprint density at radius 3 is 2.05 bits per heavy atom. The van der Waals surface area contributed by atoms with Gasteiger partial charge in [0.2, 0.25) is 5.91 Å². The van der Waals surface area contributed by atoms with Crippen LogP contribution in [0.4, 0.5) is 42.2 Å². The van der Waals surface area contributed by atoms with E-state index >= 15 is 0 Å². The second-order valence-corrected chi connectivity index (χ2v) is 24.0. The standard InChI is InChI=1S/C39H49F7N4O4SSi/c1-24-14-28(40)10-11-31(24)32-18-34(50-21-30-23-55(52,53)13-12-49(30)20-29(50)22-54-56(8,9)36(2,3)4)47-19-33(32)48(7)35(51)37(5,6)25-15-26(38(41,42)43)17-27(16-25)39(44,45)46/h10-11,14-19,29-30H,12-13,20-23H2,1-9H3/t29-,30?/m1/s1. The summed E-state index contributed by atoms with van der Waals surface area (Å²) in [5.41, 5.74) is -3.95. The lowest BCUT2D eigenvalue weighted by Crippen LogP contribution is -2.65. The first kappa shape index (κ1) is 43.6. The zero-order chi connectivity index (χ0) is 42.0. The number of pyridine rings is 1. The van der Waals surface area contributed by atoms with Crippen LogP contribution in [0.25, 0.3) is 11.1 Å². The Bertz CT molecular complexity index is 2050. The van der Waals surface area contributed by atoms with Gasteiger partial charge in [-0.25, -0.2) is 17.8 Å². The number of amides is 1. The third-order valence-electron chi connectivity index (χ3n) is 11.5. The summed E-state index contributed by atoms with van der Waals surface area (Å²) in [5, 5.41) is -0.0886. The van der Waals surface area contributed by atoms with Gasteiger partial charge in [0.1, 0.15) is 11.6 Å². The van der Waals surface area contributed by atoms with E-state index in [4.69, 9.17) is 9.41 Å². The topological polar surface area (TPSA) is 83.1 Å². The Morgan fingerprint density at radius 1 is 0.911 bits per heavy atom. The fourth-order valence-electron chi connectivity index (χ4n) is 6.99. The number of halogens is 7. The van der Waals surface area contributed by atoms with Gasteiger partial charge in [-0.1, -0.05) is 26.8 Å². The second-order valence-electron chi connectivity index (χ2n) is 16.9. The number of anilines is 2. The zero-order valence-electron chi connectivity index (χ0n) is 33.0. The number of nitrogens with zero attached hydrogens (tertiary/aromatic N) is 4. The number of likely N-dealkylation sites (N-methyl/N-ethyl adjacent to an activating group) is 1. The lowest BCUT2D eigenvalue weighted by atomic mass is 9.81. The molecular weight excluding hydrogens is 782 g/mol. The predicted molar refractivity (Wildman–Crippen MR) is 206 cm³/mol. The molecule has 308 valence electrons. The molecule has 2 aliphatic heterocycles. The van der Waals surface area contributed by atoms with Crippen molar-refractivity contribution in [2.45, 2.75) is 89.5 Å². The fraction of sp³-hybridized carbons (Fsp3) is 0.538. The summed E-state index contributed by atoms with van der Waals surface area (Å²) >= 11 is 0. The van der Waals surface area contributed by atoms with Crippen molar-refractivity contribution in [1.29, 1.82) is 0 Å². The molecule has 0 bridgehead atoms. The average molecular weight is 831 g/mol. The highest BCUT2D eigenvalue weighted by atomic mass is 32.2. The average Bonchev–Trinajstić information content (AvgIpc) is 3.07. The summed E-state index contributed by atoms with van der Waals surface area (Å²) in [7, 11) is -4.18. The summed E-state index contributed by atoms with van der Waals surface area (Å²) < 4.78 is 130. The number of hydrogen-bond donors (Lipinski definition) is 0. The third kappa shape index (κ3) is 9.10. The Hall–Kier alpha value is -3.54. The van der Waals surface area contributed by atoms with Crippen LogP contribution < -0.4 is 9.80 Å². The maximum Gasteiger partial charge on any atom is 0.416 e. The number of benzene rings is 2. The van der Waals surface area contributed by atoms with Gasteiger partial charge in [-0.2, -0.15) is 26.3 Å². The Kier molecular flexibility index (Phi) is 11.7. The molecule has 5 rings (SSSR count). The van der Waals surface area contributed by atoms with Gasteiger partial charge < -0.3 is 14.2 Å². The molecule has 0 spiro atoms. The molecule has 1 unspecified atom stereocenters. The molecule has 0 saturated carbocycles. The van der Waals surface area contributed by atoms with Gasteiger partial charge in [-0.3, -0.25) is 9.69 Å².